The summed E-state index contributed by atoms with van der Waals surface area (Å²) < 4.78 is 5.03. The van der Waals surface area contributed by atoms with Crippen LogP contribution >= 0.6 is 0 Å². The molecular formula is C20H28N2O3. The van der Waals surface area contributed by atoms with Gasteiger partial charge in [-0.3, -0.25) is 4.79 Å². The Kier molecular flexibility index (Phi) is 5.61. The van der Waals surface area contributed by atoms with Crippen molar-refractivity contribution in [2.45, 2.75) is 57.0 Å². The van der Waals surface area contributed by atoms with Crippen LogP contribution in [0.15, 0.2) is 30.3 Å². The minimum Gasteiger partial charge on any atom is -0.453 e. The Morgan fingerprint density at radius 2 is 1.88 bits per heavy atom. The number of methoxy groups -OCH3 is 1. The van der Waals surface area contributed by atoms with Crippen LogP contribution in [-0.2, 0) is 16.1 Å². The van der Waals surface area contributed by atoms with Crippen LogP contribution in [0.4, 0.5) is 4.79 Å². The normalized spacial score (nSPS) is 22.4. The number of amides is 2. The Hall–Kier alpha value is -2.04. The lowest BCUT2D eigenvalue weighted by molar-refractivity contribution is -0.128. The van der Waals surface area contributed by atoms with Gasteiger partial charge in [0.05, 0.1) is 13.0 Å². The number of ether oxygens (including phenoxy) is 1. The molecule has 5 nitrogen and oxygen atoms in total. The lowest BCUT2D eigenvalue weighted by atomic mass is 9.73. The van der Waals surface area contributed by atoms with Crippen molar-refractivity contribution in [3.8, 4) is 0 Å². The van der Waals surface area contributed by atoms with Crippen molar-refractivity contribution in [3.63, 3.8) is 0 Å². The summed E-state index contributed by atoms with van der Waals surface area (Å²) >= 11 is 0. The third-order valence-corrected chi connectivity index (χ3v) is 5.79. The number of carbonyl (C=O) groups excluding carboxylic acids is 2. The molecule has 1 N–H and O–H groups in total. The quantitative estimate of drug-likeness (QED) is 0.913. The zero-order chi connectivity index (χ0) is 17.7. The molecule has 25 heavy (non-hydrogen) atoms. The highest BCUT2D eigenvalue weighted by molar-refractivity contribution is 5.80. The highest BCUT2D eigenvalue weighted by atomic mass is 16.5. The second kappa shape index (κ2) is 7.89. The number of nitrogens with zero attached hydrogens (tertiary/aromatic N) is 1. The van der Waals surface area contributed by atoms with Gasteiger partial charge < -0.3 is 15.0 Å². The molecule has 0 radical (unpaired) electrons. The first-order valence-corrected chi connectivity index (χ1v) is 9.32. The average molecular weight is 344 g/mol. The van der Waals surface area contributed by atoms with Crippen LogP contribution in [0.3, 0.4) is 0 Å². The van der Waals surface area contributed by atoms with Gasteiger partial charge in [0.1, 0.15) is 0 Å². The molecule has 136 valence electrons. The Morgan fingerprint density at radius 3 is 2.56 bits per heavy atom. The van der Waals surface area contributed by atoms with Crippen LogP contribution in [0.2, 0.25) is 0 Å². The van der Waals surface area contributed by atoms with Gasteiger partial charge >= 0.3 is 6.09 Å². The van der Waals surface area contributed by atoms with Crippen molar-refractivity contribution in [2.75, 3.05) is 13.7 Å². The van der Waals surface area contributed by atoms with E-state index in [9.17, 15) is 9.59 Å². The van der Waals surface area contributed by atoms with Gasteiger partial charge in [-0.15, -0.1) is 0 Å². The molecule has 3 rings (SSSR count). The minimum absolute atomic E-state index is 0.0309. The fraction of sp³-hybridized carbons (Fsp3) is 0.600. The summed E-state index contributed by atoms with van der Waals surface area (Å²) in [6, 6.07) is 9.89. The van der Waals surface area contributed by atoms with Gasteiger partial charge in [-0.2, -0.15) is 0 Å². The first kappa shape index (κ1) is 17.8. The molecule has 2 amide bonds. The number of hydrogen-bond acceptors (Lipinski definition) is 3. The fourth-order valence-electron chi connectivity index (χ4n) is 4.33. The van der Waals surface area contributed by atoms with Gasteiger partial charge in [0.15, 0.2) is 0 Å². The first-order valence-electron chi connectivity index (χ1n) is 9.32. The zero-order valence-corrected chi connectivity index (χ0v) is 15.0. The number of likely N-dealkylation sites (tertiary alicyclic amines) is 1. The summed E-state index contributed by atoms with van der Waals surface area (Å²) in [5.41, 5.74) is 0.988. The SMILES string of the molecule is COC(=O)N1CC(C(=O)NCc2ccccc2)CCC12CCCCC2. The van der Waals surface area contributed by atoms with E-state index in [0.717, 1.165) is 44.1 Å². The van der Waals surface area contributed by atoms with E-state index in [-0.39, 0.29) is 23.5 Å². The van der Waals surface area contributed by atoms with Crippen LogP contribution in [0.25, 0.3) is 0 Å². The van der Waals surface area contributed by atoms with Gasteiger partial charge in [0.25, 0.3) is 0 Å². The topological polar surface area (TPSA) is 58.6 Å². The van der Waals surface area contributed by atoms with Crippen molar-refractivity contribution >= 4 is 12.0 Å². The molecule has 1 unspecified atom stereocenters. The van der Waals surface area contributed by atoms with Crippen LogP contribution < -0.4 is 5.32 Å². The summed E-state index contributed by atoms with van der Waals surface area (Å²) in [4.78, 5) is 26.8. The van der Waals surface area contributed by atoms with E-state index in [1.807, 2.05) is 35.2 Å². The number of piperidine rings is 1. The summed E-state index contributed by atoms with van der Waals surface area (Å²) in [5, 5.41) is 3.02. The van der Waals surface area contributed by atoms with Crippen molar-refractivity contribution in [3.05, 3.63) is 35.9 Å². The molecule has 1 saturated heterocycles. The van der Waals surface area contributed by atoms with E-state index < -0.39 is 0 Å². The number of benzene rings is 1. The summed E-state index contributed by atoms with van der Waals surface area (Å²) in [6.45, 7) is 0.993. The molecular weight excluding hydrogens is 316 g/mol. The Balaban J connectivity index is 1.64. The number of carbonyl (C=O) groups is 2. The first-order chi connectivity index (χ1) is 12.1. The molecule has 0 aromatic heterocycles. The molecule has 1 aliphatic heterocycles. The smallest absolute Gasteiger partial charge is 0.409 e. The van der Waals surface area contributed by atoms with Crippen molar-refractivity contribution < 1.29 is 14.3 Å². The lowest BCUT2D eigenvalue weighted by Gasteiger charge is -2.50. The molecule has 2 aliphatic rings. The van der Waals surface area contributed by atoms with Crippen LogP contribution in [0.5, 0.6) is 0 Å². The van der Waals surface area contributed by atoms with Crippen LogP contribution in [0, 0.1) is 5.92 Å². The maximum Gasteiger partial charge on any atom is 0.409 e. The van der Waals surface area contributed by atoms with E-state index in [1.165, 1.54) is 13.5 Å². The molecule has 1 heterocycles. The minimum atomic E-state index is -0.289. The Bertz CT molecular complexity index is 596. The number of hydrogen-bond donors (Lipinski definition) is 1. The monoisotopic (exact) mass is 344 g/mol. The molecule has 1 aromatic rings. The molecule has 2 fully saturated rings. The van der Waals surface area contributed by atoms with Crippen molar-refractivity contribution in [1.29, 1.82) is 0 Å². The zero-order valence-electron chi connectivity index (χ0n) is 15.0. The molecule has 1 atom stereocenters. The molecule has 1 saturated carbocycles. The van der Waals surface area contributed by atoms with Crippen LogP contribution in [-0.4, -0.2) is 36.1 Å². The van der Waals surface area contributed by atoms with Gasteiger partial charge in [0, 0.05) is 18.6 Å². The largest absolute Gasteiger partial charge is 0.453 e. The highest BCUT2D eigenvalue weighted by Gasteiger charge is 2.46. The van der Waals surface area contributed by atoms with Gasteiger partial charge in [0.2, 0.25) is 5.91 Å². The predicted molar refractivity (Wildman–Crippen MR) is 95.9 cm³/mol. The van der Waals surface area contributed by atoms with E-state index in [2.05, 4.69) is 5.32 Å². The lowest BCUT2D eigenvalue weighted by Crippen LogP contribution is -2.59. The molecule has 1 aromatic carbocycles. The van der Waals surface area contributed by atoms with E-state index in [0.29, 0.717) is 13.1 Å². The van der Waals surface area contributed by atoms with Gasteiger partial charge in [-0.05, 0) is 31.2 Å². The summed E-state index contributed by atoms with van der Waals surface area (Å²) in [7, 11) is 1.43. The molecule has 5 heteroatoms. The van der Waals surface area contributed by atoms with Gasteiger partial charge in [-0.25, -0.2) is 4.79 Å². The summed E-state index contributed by atoms with van der Waals surface area (Å²) in [5.74, 6) is -0.126. The second-order valence-corrected chi connectivity index (χ2v) is 7.30. The molecule has 1 spiro atoms. The fourth-order valence-corrected chi connectivity index (χ4v) is 4.33. The van der Waals surface area contributed by atoms with E-state index in [4.69, 9.17) is 4.74 Å². The number of nitrogens with one attached hydrogen (secondary N) is 1. The molecule has 1 aliphatic carbocycles. The summed E-state index contributed by atoms with van der Waals surface area (Å²) in [6.07, 6.45) is 7.04. The highest BCUT2D eigenvalue weighted by Crippen LogP contribution is 2.42. The molecule has 0 bridgehead atoms. The maximum absolute atomic E-state index is 12.6. The van der Waals surface area contributed by atoms with Gasteiger partial charge in [-0.1, -0.05) is 49.6 Å². The Morgan fingerprint density at radius 1 is 1.16 bits per heavy atom. The average Bonchev–Trinajstić information content (AvgIpc) is 2.67. The Labute approximate surface area is 149 Å². The predicted octanol–water partition coefficient (Wildman–Crippen LogP) is 3.48. The second-order valence-electron chi connectivity index (χ2n) is 7.30. The van der Waals surface area contributed by atoms with Crippen LogP contribution in [0.1, 0.15) is 50.5 Å². The standard InChI is InChI=1S/C20H28N2O3/c1-25-19(24)22-15-17(10-13-20(22)11-6-3-7-12-20)18(23)21-14-16-8-4-2-5-9-16/h2,4-5,8-9,17H,3,6-7,10-15H2,1H3,(H,21,23). The maximum atomic E-state index is 12.6. The third kappa shape index (κ3) is 3.97. The number of rotatable bonds is 3. The van der Waals surface area contributed by atoms with E-state index >= 15 is 0 Å². The van der Waals surface area contributed by atoms with Crippen molar-refractivity contribution in [2.24, 2.45) is 5.92 Å². The third-order valence-electron chi connectivity index (χ3n) is 5.79. The van der Waals surface area contributed by atoms with E-state index in [1.54, 1.807) is 0 Å². The van der Waals surface area contributed by atoms with Crippen molar-refractivity contribution in [1.82, 2.24) is 10.2 Å².